The lowest BCUT2D eigenvalue weighted by Gasteiger charge is -2.28. The van der Waals surface area contributed by atoms with Gasteiger partial charge in [0.15, 0.2) is 5.76 Å². The van der Waals surface area contributed by atoms with Gasteiger partial charge in [-0.25, -0.2) is 4.79 Å². The van der Waals surface area contributed by atoms with Crippen molar-refractivity contribution in [3.05, 3.63) is 35.8 Å². The second-order valence-corrected chi connectivity index (χ2v) is 3.79. The molecule has 17 heavy (non-hydrogen) atoms. The number of carbonyl (C=O) groups excluding carboxylic acids is 1. The normalized spacial score (nSPS) is 24.1. The van der Waals surface area contributed by atoms with Crippen molar-refractivity contribution >= 4 is 11.8 Å². The Morgan fingerprint density at radius 1 is 1.53 bits per heavy atom. The number of carboxylic acid groups (broad SMARTS) is 1. The molecule has 1 aliphatic rings. The molecular weight excluding hydrogens is 224 g/mol. The molecule has 0 bridgehead atoms. The molecule has 0 aliphatic heterocycles. The van der Waals surface area contributed by atoms with Crippen LogP contribution >= 0.6 is 0 Å². The number of allylic oxidation sites excluding steroid dienone is 4. The molecule has 5 heteroatoms. The van der Waals surface area contributed by atoms with Crippen molar-refractivity contribution in [3.63, 3.8) is 0 Å². The minimum Gasteiger partial charge on any atom is -0.504 e. The highest BCUT2D eigenvalue weighted by atomic mass is 16.5. The number of hydrogen-bond acceptors (Lipinski definition) is 4. The third kappa shape index (κ3) is 2.75. The van der Waals surface area contributed by atoms with E-state index in [0.717, 1.165) is 6.08 Å². The summed E-state index contributed by atoms with van der Waals surface area (Å²) >= 11 is 0. The van der Waals surface area contributed by atoms with E-state index in [9.17, 15) is 14.7 Å². The van der Waals surface area contributed by atoms with Gasteiger partial charge in [0.1, 0.15) is 11.5 Å². The Bertz CT molecular complexity index is 430. The molecular formula is C12H14O5. The molecule has 0 spiro atoms. The monoisotopic (exact) mass is 238 g/mol. The van der Waals surface area contributed by atoms with Crippen molar-refractivity contribution in [2.75, 3.05) is 7.11 Å². The van der Waals surface area contributed by atoms with E-state index >= 15 is 0 Å². The van der Waals surface area contributed by atoms with E-state index < -0.39 is 11.4 Å². The molecule has 2 N–H and O–H groups in total. The molecule has 1 aliphatic carbocycles. The smallest absolute Gasteiger partial charge is 0.328 e. The number of aliphatic hydroxyl groups excluding tert-OH is 1. The minimum atomic E-state index is -1.13. The van der Waals surface area contributed by atoms with E-state index in [0.29, 0.717) is 0 Å². The number of ketones is 1. The highest BCUT2D eigenvalue weighted by Crippen LogP contribution is 2.36. The van der Waals surface area contributed by atoms with Crippen molar-refractivity contribution in [2.45, 2.75) is 13.3 Å². The Hall–Kier alpha value is -2.04. The van der Waals surface area contributed by atoms with Crippen LogP contribution in [-0.4, -0.2) is 29.1 Å². The molecule has 0 aromatic rings. The van der Waals surface area contributed by atoms with Gasteiger partial charge in [0, 0.05) is 12.5 Å². The fourth-order valence-corrected chi connectivity index (χ4v) is 1.61. The van der Waals surface area contributed by atoms with Crippen LogP contribution in [0.4, 0.5) is 0 Å². The van der Waals surface area contributed by atoms with Gasteiger partial charge < -0.3 is 14.9 Å². The molecule has 0 aromatic carbocycles. The Morgan fingerprint density at radius 2 is 2.18 bits per heavy atom. The Kier molecular flexibility index (Phi) is 3.73. The molecule has 1 atom stereocenters. The van der Waals surface area contributed by atoms with Crippen LogP contribution in [0.5, 0.6) is 0 Å². The second-order valence-electron chi connectivity index (χ2n) is 3.79. The van der Waals surface area contributed by atoms with Crippen LogP contribution in [0.25, 0.3) is 0 Å². The fourth-order valence-electron chi connectivity index (χ4n) is 1.61. The van der Waals surface area contributed by atoms with Gasteiger partial charge in [-0.05, 0) is 13.0 Å². The fraction of sp³-hybridized carbons (Fsp3) is 0.333. The minimum absolute atomic E-state index is 0.0481. The largest absolute Gasteiger partial charge is 0.504 e. The summed E-state index contributed by atoms with van der Waals surface area (Å²) < 4.78 is 4.96. The molecule has 0 saturated carbocycles. The molecule has 0 amide bonds. The first kappa shape index (κ1) is 13.0. The summed E-state index contributed by atoms with van der Waals surface area (Å²) in [6.45, 7) is 1.37. The zero-order chi connectivity index (χ0) is 13.1. The topological polar surface area (TPSA) is 83.8 Å². The molecule has 5 nitrogen and oxygen atoms in total. The van der Waals surface area contributed by atoms with E-state index in [1.54, 1.807) is 0 Å². The standard InChI is InChI=1S/C12H14O5/c1-8(13)12(6-4-11(15)16)5-3-9(14)10(7-12)17-2/h3-6,14H,7H2,1-2H3,(H,15,16)/b6-4+. The predicted octanol–water partition coefficient (Wildman–Crippen LogP) is 1.58. The molecule has 92 valence electrons. The number of aliphatic hydroxyl groups is 1. The number of Topliss-reactive ketones (excluding diaryl/α,β-unsaturated/α-hetero) is 1. The number of rotatable bonds is 4. The molecule has 1 unspecified atom stereocenters. The van der Waals surface area contributed by atoms with Gasteiger partial charge in [0.25, 0.3) is 0 Å². The Balaban J connectivity index is 3.11. The number of hydrogen-bond donors (Lipinski definition) is 2. The van der Waals surface area contributed by atoms with Crippen molar-refractivity contribution < 1.29 is 24.5 Å². The van der Waals surface area contributed by atoms with Crippen LogP contribution in [0, 0.1) is 5.41 Å². The van der Waals surface area contributed by atoms with Crippen molar-refractivity contribution in [2.24, 2.45) is 5.41 Å². The summed E-state index contributed by atoms with van der Waals surface area (Å²) in [5.74, 6) is -1.13. The molecule has 0 aromatic heterocycles. The maximum Gasteiger partial charge on any atom is 0.328 e. The maximum atomic E-state index is 11.6. The average molecular weight is 238 g/mol. The predicted molar refractivity (Wildman–Crippen MR) is 60.3 cm³/mol. The number of carbonyl (C=O) groups is 2. The van der Waals surface area contributed by atoms with Crippen LogP contribution < -0.4 is 0 Å². The quantitative estimate of drug-likeness (QED) is 0.726. The summed E-state index contributed by atoms with van der Waals surface area (Å²) in [6.07, 6.45) is 5.16. The van der Waals surface area contributed by atoms with Crippen LogP contribution in [-0.2, 0) is 14.3 Å². The summed E-state index contributed by atoms with van der Waals surface area (Å²) in [4.78, 5) is 22.2. The number of carboxylic acids is 1. The Labute approximate surface area is 98.7 Å². The van der Waals surface area contributed by atoms with E-state index in [-0.39, 0.29) is 23.7 Å². The van der Waals surface area contributed by atoms with Crippen LogP contribution in [0.1, 0.15) is 13.3 Å². The SMILES string of the molecule is COC1=C(O)C=CC(/C=C/C(=O)O)(C(C)=O)C1. The summed E-state index contributed by atoms with van der Waals surface area (Å²) in [7, 11) is 1.39. The van der Waals surface area contributed by atoms with Crippen LogP contribution in [0.3, 0.4) is 0 Å². The number of ether oxygens (including phenoxy) is 1. The van der Waals surface area contributed by atoms with Gasteiger partial charge in [-0.2, -0.15) is 0 Å². The number of methoxy groups -OCH3 is 1. The van der Waals surface area contributed by atoms with E-state index in [1.165, 1.54) is 32.3 Å². The van der Waals surface area contributed by atoms with Crippen molar-refractivity contribution in [1.29, 1.82) is 0 Å². The lowest BCUT2D eigenvalue weighted by atomic mass is 9.77. The van der Waals surface area contributed by atoms with Gasteiger partial charge in [0.05, 0.1) is 12.5 Å². The zero-order valence-corrected chi connectivity index (χ0v) is 9.64. The van der Waals surface area contributed by atoms with Crippen molar-refractivity contribution in [1.82, 2.24) is 0 Å². The lowest BCUT2D eigenvalue weighted by molar-refractivity contribution is -0.131. The van der Waals surface area contributed by atoms with Gasteiger partial charge >= 0.3 is 5.97 Å². The van der Waals surface area contributed by atoms with Crippen LogP contribution in [0.2, 0.25) is 0 Å². The van der Waals surface area contributed by atoms with E-state index in [1.807, 2.05) is 0 Å². The highest BCUT2D eigenvalue weighted by molar-refractivity contribution is 5.89. The molecule has 0 heterocycles. The molecule has 0 fully saturated rings. The van der Waals surface area contributed by atoms with E-state index in [4.69, 9.17) is 9.84 Å². The zero-order valence-electron chi connectivity index (χ0n) is 9.64. The van der Waals surface area contributed by atoms with E-state index in [2.05, 4.69) is 0 Å². The first-order valence-corrected chi connectivity index (χ1v) is 5.00. The maximum absolute atomic E-state index is 11.6. The summed E-state index contributed by atoms with van der Waals surface area (Å²) in [6, 6.07) is 0. The first-order valence-electron chi connectivity index (χ1n) is 5.00. The highest BCUT2D eigenvalue weighted by Gasteiger charge is 2.35. The molecule has 0 saturated heterocycles. The van der Waals surface area contributed by atoms with Gasteiger partial charge in [-0.15, -0.1) is 0 Å². The molecule has 1 rings (SSSR count). The van der Waals surface area contributed by atoms with Gasteiger partial charge in [-0.1, -0.05) is 12.2 Å². The molecule has 0 radical (unpaired) electrons. The van der Waals surface area contributed by atoms with Crippen LogP contribution in [0.15, 0.2) is 35.8 Å². The third-order valence-corrected chi connectivity index (χ3v) is 2.70. The first-order chi connectivity index (χ1) is 7.91. The van der Waals surface area contributed by atoms with Crippen molar-refractivity contribution in [3.8, 4) is 0 Å². The average Bonchev–Trinajstić information content (AvgIpc) is 2.28. The second kappa shape index (κ2) is 4.86. The number of aliphatic carboxylic acids is 1. The summed E-state index contributed by atoms with van der Waals surface area (Å²) in [5.41, 5.74) is -1.06. The Morgan fingerprint density at radius 3 is 2.65 bits per heavy atom. The van der Waals surface area contributed by atoms with Gasteiger partial charge in [-0.3, -0.25) is 4.79 Å². The van der Waals surface area contributed by atoms with Gasteiger partial charge in [0.2, 0.25) is 0 Å². The summed E-state index contributed by atoms with van der Waals surface area (Å²) in [5, 5.41) is 18.1. The lowest BCUT2D eigenvalue weighted by Crippen LogP contribution is -2.28. The third-order valence-electron chi connectivity index (χ3n) is 2.70.